The van der Waals surface area contributed by atoms with E-state index >= 15 is 0 Å². The van der Waals surface area contributed by atoms with Gasteiger partial charge in [0.2, 0.25) is 0 Å². The number of nitrogens with one attached hydrogen (secondary N) is 1. The number of benzene rings is 1. The molecule has 25 heavy (non-hydrogen) atoms. The van der Waals surface area contributed by atoms with Crippen molar-refractivity contribution in [2.24, 2.45) is 0 Å². The van der Waals surface area contributed by atoms with Crippen molar-refractivity contribution >= 4 is 17.2 Å². The fourth-order valence-electron chi connectivity index (χ4n) is 2.36. The number of amides is 1. The van der Waals surface area contributed by atoms with E-state index in [-0.39, 0.29) is 5.91 Å². The molecule has 7 heteroatoms. The van der Waals surface area contributed by atoms with E-state index in [0.29, 0.717) is 18.8 Å². The van der Waals surface area contributed by atoms with Crippen LogP contribution in [-0.2, 0) is 4.74 Å². The highest BCUT2D eigenvalue weighted by Crippen LogP contribution is 2.26. The van der Waals surface area contributed by atoms with Gasteiger partial charge in [0.05, 0.1) is 24.3 Å². The van der Waals surface area contributed by atoms with Crippen LogP contribution in [-0.4, -0.2) is 43.1 Å². The number of methoxy groups -OCH3 is 2. The van der Waals surface area contributed by atoms with Crippen LogP contribution in [0.15, 0.2) is 47.8 Å². The molecule has 0 spiro atoms. The molecule has 3 aromatic rings. The Balaban J connectivity index is 1.97. The number of ether oxygens (including phenoxy) is 2. The third kappa shape index (κ3) is 3.89. The van der Waals surface area contributed by atoms with Gasteiger partial charge in [-0.1, -0.05) is 6.07 Å². The molecule has 1 N–H and O–H groups in total. The highest BCUT2D eigenvalue weighted by Gasteiger charge is 2.18. The van der Waals surface area contributed by atoms with Crippen LogP contribution in [0.1, 0.15) is 10.5 Å². The maximum absolute atomic E-state index is 12.6. The number of carbonyl (C=O) groups is 1. The summed E-state index contributed by atoms with van der Waals surface area (Å²) < 4.78 is 11.8. The van der Waals surface area contributed by atoms with Crippen molar-refractivity contribution in [3.8, 4) is 22.0 Å². The second kappa shape index (κ2) is 7.96. The minimum Gasteiger partial charge on any atom is -0.497 e. The van der Waals surface area contributed by atoms with E-state index in [4.69, 9.17) is 9.47 Å². The molecule has 0 aliphatic heterocycles. The van der Waals surface area contributed by atoms with Gasteiger partial charge in [-0.2, -0.15) is 5.10 Å². The molecular weight excluding hydrogens is 338 g/mol. The highest BCUT2D eigenvalue weighted by molar-refractivity contribution is 7.13. The Kier molecular flexibility index (Phi) is 5.47. The summed E-state index contributed by atoms with van der Waals surface area (Å²) in [6.45, 7) is 0.900. The zero-order chi connectivity index (χ0) is 17.6. The van der Waals surface area contributed by atoms with Crippen LogP contribution >= 0.6 is 11.3 Å². The van der Waals surface area contributed by atoms with Gasteiger partial charge in [-0.3, -0.25) is 4.79 Å². The Morgan fingerprint density at radius 3 is 2.68 bits per heavy atom. The van der Waals surface area contributed by atoms with E-state index < -0.39 is 0 Å². The maximum Gasteiger partial charge on any atom is 0.270 e. The molecule has 0 aliphatic carbocycles. The molecule has 130 valence electrons. The molecule has 2 heterocycles. The van der Waals surface area contributed by atoms with E-state index in [2.05, 4.69) is 10.4 Å². The number of rotatable bonds is 7. The van der Waals surface area contributed by atoms with Gasteiger partial charge in [0, 0.05) is 13.7 Å². The molecule has 2 aromatic heterocycles. The van der Waals surface area contributed by atoms with Crippen molar-refractivity contribution < 1.29 is 14.3 Å². The predicted octanol–water partition coefficient (Wildman–Crippen LogP) is 2.99. The largest absolute Gasteiger partial charge is 0.497 e. The van der Waals surface area contributed by atoms with Gasteiger partial charge in [-0.05, 0) is 41.8 Å². The van der Waals surface area contributed by atoms with Crippen LogP contribution in [0.3, 0.4) is 0 Å². The SMILES string of the molecule is COCCNC(=O)c1cc(-c2cccs2)nn1-c1ccc(OC)cc1. The lowest BCUT2D eigenvalue weighted by Gasteiger charge is -2.08. The fourth-order valence-corrected chi connectivity index (χ4v) is 3.05. The van der Waals surface area contributed by atoms with E-state index in [1.165, 1.54) is 0 Å². The minimum atomic E-state index is -0.192. The van der Waals surface area contributed by atoms with Crippen molar-refractivity contribution in [1.29, 1.82) is 0 Å². The van der Waals surface area contributed by atoms with E-state index in [0.717, 1.165) is 22.0 Å². The normalized spacial score (nSPS) is 10.6. The van der Waals surface area contributed by atoms with E-state index in [1.807, 2.05) is 41.8 Å². The van der Waals surface area contributed by atoms with Gasteiger partial charge < -0.3 is 14.8 Å². The van der Waals surface area contributed by atoms with Crippen molar-refractivity contribution in [2.45, 2.75) is 0 Å². The quantitative estimate of drug-likeness (QED) is 0.660. The lowest BCUT2D eigenvalue weighted by Crippen LogP contribution is -2.28. The Morgan fingerprint density at radius 2 is 2.04 bits per heavy atom. The molecule has 0 atom stereocenters. The Morgan fingerprint density at radius 1 is 1.24 bits per heavy atom. The summed E-state index contributed by atoms with van der Waals surface area (Å²) in [5.74, 6) is 0.559. The van der Waals surface area contributed by atoms with Crippen molar-refractivity contribution in [1.82, 2.24) is 15.1 Å². The smallest absolute Gasteiger partial charge is 0.270 e. The third-order valence-corrected chi connectivity index (χ3v) is 4.52. The molecule has 0 saturated heterocycles. The monoisotopic (exact) mass is 357 g/mol. The zero-order valence-corrected chi connectivity index (χ0v) is 14.9. The van der Waals surface area contributed by atoms with E-state index in [1.54, 1.807) is 36.3 Å². The number of carbonyl (C=O) groups excluding carboxylic acids is 1. The number of hydrogen-bond donors (Lipinski definition) is 1. The van der Waals surface area contributed by atoms with Crippen LogP contribution in [0.5, 0.6) is 5.75 Å². The van der Waals surface area contributed by atoms with Gasteiger partial charge in [0.1, 0.15) is 17.1 Å². The fraction of sp³-hybridized carbons (Fsp3) is 0.222. The summed E-state index contributed by atoms with van der Waals surface area (Å²) in [6.07, 6.45) is 0. The first-order chi connectivity index (χ1) is 12.2. The first-order valence-electron chi connectivity index (χ1n) is 7.78. The highest BCUT2D eigenvalue weighted by atomic mass is 32.1. The lowest BCUT2D eigenvalue weighted by molar-refractivity contribution is 0.0929. The minimum absolute atomic E-state index is 0.192. The summed E-state index contributed by atoms with van der Waals surface area (Å²) in [4.78, 5) is 13.6. The molecule has 0 radical (unpaired) electrons. The molecule has 0 saturated carbocycles. The second-order valence-corrected chi connectivity index (χ2v) is 6.20. The van der Waals surface area contributed by atoms with Gasteiger partial charge in [0.25, 0.3) is 5.91 Å². The first kappa shape index (κ1) is 17.2. The van der Waals surface area contributed by atoms with Crippen LogP contribution in [0.4, 0.5) is 0 Å². The predicted molar refractivity (Wildman–Crippen MR) is 97.6 cm³/mol. The molecule has 3 rings (SSSR count). The van der Waals surface area contributed by atoms with Gasteiger partial charge in [-0.15, -0.1) is 11.3 Å². The Hall–Kier alpha value is -2.64. The third-order valence-electron chi connectivity index (χ3n) is 3.62. The van der Waals surface area contributed by atoms with Crippen LogP contribution in [0.2, 0.25) is 0 Å². The van der Waals surface area contributed by atoms with Crippen LogP contribution < -0.4 is 10.1 Å². The molecule has 6 nitrogen and oxygen atoms in total. The molecule has 1 aromatic carbocycles. The summed E-state index contributed by atoms with van der Waals surface area (Å²) in [7, 11) is 3.22. The number of hydrogen-bond acceptors (Lipinski definition) is 5. The van der Waals surface area contributed by atoms with Crippen molar-refractivity contribution in [3.63, 3.8) is 0 Å². The van der Waals surface area contributed by atoms with Gasteiger partial charge in [-0.25, -0.2) is 4.68 Å². The van der Waals surface area contributed by atoms with Crippen LogP contribution in [0.25, 0.3) is 16.3 Å². The Labute approximate surface area is 150 Å². The summed E-state index contributed by atoms with van der Waals surface area (Å²) in [5.41, 5.74) is 2.04. The summed E-state index contributed by atoms with van der Waals surface area (Å²) in [6, 6.07) is 13.2. The molecule has 1 amide bonds. The number of nitrogens with zero attached hydrogens (tertiary/aromatic N) is 2. The first-order valence-corrected chi connectivity index (χ1v) is 8.66. The average Bonchev–Trinajstić information content (AvgIpc) is 3.31. The number of thiophene rings is 1. The Bertz CT molecular complexity index is 826. The van der Waals surface area contributed by atoms with Crippen LogP contribution in [0, 0.1) is 0 Å². The number of aromatic nitrogens is 2. The van der Waals surface area contributed by atoms with Crippen molar-refractivity contribution in [3.05, 3.63) is 53.5 Å². The maximum atomic E-state index is 12.6. The van der Waals surface area contributed by atoms with Crippen molar-refractivity contribution in [2.75, 3.05) is 27.4 Å². The summed E-state index contributed by atoms with van der Waals surface area (Å²) >= 11 is 1.58. The summed E-state index contributed by atoms with van der Waals surface area (Å²) in [5, 5.41) is 9.45. The molecule has 0 unspecified atom stereocenters. The van der Waals surface area contributed by atoms with Gasteiger partial charge >= 0.3 is 0 Å². The second-order valence-electron chi connectivity index (χ2n) is 5.25. The molecule has 0 bridgehead atoms. The molecule has 0 aliphatic rings. The lowest BCUT2D eigenvalue weighted by atomic mass is 10.2. The van der Waals surface area contributed by atoms with E-state index in [9.17, 15) is 4.79 Å². The topological polar surface area (TPSA) is 65.4 Å². The average molecular weight is 357 g/mol. The molecule has 0 fully saturated rings. The van der Waals surface area contributed by atoms with Gasteiger partial charge in [0.15, 0.2) is 0 Å². The standard InChI is InChI=1S/C18H19N3O3S/c1-23-10-9-19-18(22)16-12-15(17-4-3-11-25-17)20-21(16)13-5-7-14(24-2)8-6-13/h3-8,11-12H,9-10H2,1-2H3,(H,19,22). The molecular formula is C18H19N3O3S. The zero-order valence-electron chi connectivity index (χ0n) is 14.1.